The van der Waals surface area contributed by atoms with Crippen LogP contribution in [0.5, 0.6) is 0 Å². The SMILES string of the molecule is C[C@H](c1ccc(F)cc1)S(=O)(=O)Cc1csc(-c2ncccn2)n1. The van der Waals surface area contributed by atoms with Crippen LogP contribution in [0, 0.1) is 5.82 Å². The van der Waals surface area contributed by atoms with E-state index in [-0.39, 0.29) is 5.75 Å². The minimum absolute atomic E-state index is 0.186. The molecular formula is C16H14FN3O2S2. The minimum Gasteiger partial charge on any atom is -0.237 e. The lowest BCUT2D eigenvalue weighted by molar-refractivity contribution is 0.584. The molecule has 24 heavy (non-hydrogen) atoms. The van der Waals surface area contributed by atoms with Crippen LogP contribution in [0.15, 0.2) is 48.1 Å². The van der Waals surface area contributed by atoms with Gasteiger partial charge in [-0.15, -0.1) is 11.3 Å². The number of thiazole rings is 1. The van der Waals surface area contributed by atoms with E-state index in [1.54, 1.807) is 30.8 Å². The van der Waals surface area contributed by atoms with Crippen LogP contribution in [0.25, 0.3) is 10.8 Å². The summed E-state index contributed by atoms with van der Waals surface area (Å²) in [6.07, 6.45) is 3.22. The van der Waals surface area contributed by atoms with Crippen molar-refractivity contribution < 1.29 is 12.8 Å². The summed E-state index contributed by atoms with van der Waals surface area (Å²) in [5.74, 6) is -0.109. The molecule has 124 valence electrons. The Morgan fingerprint density at radius 2 is 1.83 bits per heavy atom. The molecule has 0 spiro atoms. The third kappa shape index (κ3) is 3.65. The second-order valence-corrected chi connectivity index (χ2v) is 8.40. The van der Waals surface area contributed by atoms with E-state index in [0.717, 1.165) is 0 Å². The summed E-state index contributed by atoms with van der Waals surface area (Å²) >= 11 is 1.30. The molecule has 0 fully saturated rings. The average molecular weight is 363 g/mol. The molecule has 0 aliphatic rings. The van der Waals surface area contributed by atoms with Crippen LogP contribution in [-0.4, -0.2) is 23.4 Å². The highest BCUT2D eigenvalue weighted by molar-refractivity contribution is 7.90. The quantitative estimate of drug-likeness (QED) is 0.694. The van der Waals surface area contributed by atoms with E-state index in [1.807, 2.05) is 0 Å². The van der Waals surface area contributed by atoms with Gasteiger partial charge in [-0.1, -0.05) is 12.1 Å². The van der Waals surface area contributed by atoms with Crippen molar-refractivity contribution in [2.24, 2.45) is 0 Å². The highest BCUT2D eigenvalue weighted by atomic mass is 32.2. The Morgan fingerprint density at radius 1 is 1.17 bits per heavy atom. The lowest BCUT2D eigenvalue weighted by Gasteiger charge is -2.12. The van der Waals surface area contributed by atoms with E-state index in [0.29, 0.717) is 22.1 Å². The van der Waals surface area contributed by atoms with Crippen molar-refractivity contribution >= 4 is 21.2 Å². The molecule has 0 aliphatic carbocycles. The summed E-state index contributed by atoms with van der Waals surface area (Å²) in [5, 5.41) is 1.53. The third-order valence-electron chi connectivity index (χ3n) is 3.54. The summed E-state index contributed by atoms with van der Waals surface area (Å²) in [4.78, 5) is 12.5. The number of hydrogen-bond donors (Lipinski definition) is 0. The second-order valence-electron chi connectivity index (χ2n) is 5.22. The van der Waals surface area contributed by atoms with Crippen molar-refractivity contribution in [3.63, 3.8) is 0 Å². The molecule has 3 rings (SSSR count). The zero-order valence-electron chi connectivity index (χ0n) is 12.8. The Labute approximate surface area is 143 Å². The van der Waals surface area contributed by atoms with Crippen LogP contribution < -0.4 is 0 Å². The molecule has 0 aliphatic heterocycles. The third-order valence-corrected chi connectivity index (χ3v) is 6.47. The highest BCUT2D eigenvalue weighted by Gasteiger charge is 2.24. The fourth-order valence-corrected chi connectivity index (χ4v) is 4.41. The summed E-state index contributed by atoms with van der Waals surface area (Å²) in [6, 6.07) is 7.20. The van der Waals surface area contributed by atoms with E-state index >= 15 is 0 Å². The molecule has 2 aromatic heterocycles. The first-order chi connectivity index (χ1) is 11.5. The fraction of sp³-hybridized carbons (Fsp3) is 0.188. The number of nitrogens with zero attached hydrogens (tertiary/aromatic N) is 3. The molecule has 1 atom stereocenters. The number of sulfone groups is 1. The first-order valence-electron chi connectivity index (χ1n) is 7.14. The van der Waals surface area contributed by atoms with E-state index < -0.39 is 20.9 Å². The van der Waals surface area contributed by atoms with Gasteiger partial charge in [0.25, 0.3) is 0 Å². The van der Waals surface area contributed by atoms with Crippen LogP contribution in [-0.2, 0) is 15.6 Å². The summed E-state index contributed by atoms with van der Waals surface area (Å²) in [5.41, 5.74) is 1.01. The molecule has 5 nitrogen and oxygen atoms in total. The van der Waals surface area contributed by atoms with Crippen molar-refractivity contribution in [1.82, 2.24) is 15.0 Å². The van der Waals surface area contributed by atoms with Gasteiger partial charge in [-0.25, -0.2) is 27.8 Å². The van der Waals surface area contributed by atoms with Crippen molar-refractivity contribution in [2.45, 2.75) is 17.9 Å². The maximum absolute atomic E-state index is 13.0. The molecule has 3 aromatic rings. The summed E-state index contributed by atoms with van der Waals surface area (Å²) in [7, 11) is -3.47. The lowest BCUT2D eigenvalue weighted by atomic mass is 10.2. The molecular weight excluding hydrogens is 349 g/mol. The number of aromatic nitrogens is 3. The molecule has 0 N–H and O–H groups in total. The zero-order chi connectivity index (χ0) is 17.2. The number of hydrogen-bond acceptors (Lipinski definition) is 6. The average Bonchev–Trinajstić information content (AvgIpc) is 3.03. The van der Waals surface area contributed by atoms with Gasteiger partial charge >= 0.3 is 0 Å². The Hall–Kier alpha value is -2.19. The monoisotopic (exact) mass is 363 g/mol. The lowest BCUT2D eigenvalue weighted by Crippen LogP contribution is -2.13. The van der Waals surface area contributed by atoms with Gasteiger partial charge in [-0.3, -0.25) is 0 Å². The summed E-state index contributed by atoms with van der Waals surface area (Å²) < 4.78 is 38.1. The van der Waals surface area contributed by atoms with Crippen LogP contribution >= 0.6 is 11.3 Å². The highest BCUT2D eigenvalue weighted by Crippen LogP contribution is 2.27. The van der Waals surface area contributed by atoms with E-state index in [2.05, 4.69) is 15.0 Å². The first-order valence-corrected chi connectivity index (χ1v) is 9.74. The molecule has 0 saturated heterocycles. The fourth-order valence-electron chi connectivity index (χ4n) is 2.16. The van der Waals surface area contributed by atoms with Crippen LogP contribution in [0.4, 0.5) is 4.39 Å². The predicted molar refractivity (Wildman–Crippen MR) is 90.6 cm³/mol. The van der Waals surface area contributed by atoms with E-state index in [4.69, 9.17) is 0 Å². The van der Waals surface area contributed by atoms with Gasteiger partial charge < -0.3 is 0 Å². The maximum atomic E-state index is 13.0. The molecule has 0 unspecified atom stereocenters. The first kappa shape index (κ1) is 16.7. The standard InChI is InChI=1S/C16H14FN3O2S2/c1-11(12-3-5-13(17)6-4-12)24(21,22)10-14-9-23-16(20-14)15-18-7-2-8-19-15/h2-9,11H,10H2,1H3/t11-/m1/s1. The minimum atomic E-state index is -3.47. The van der Waals surface area contributed by atoms with Crippen LogP contribution in [0.3, 0.4) is 0 Å². The van der Waals surface area contributed by atoms with Crippen molar-refractivity contribution in [3.05, 3.63) is 65.2 Å². The van der Waals surface area contributed by atoms with Gasteiger partial charge in [0.15, 0.2) is 20.7 Å². The Kier molecular flexibility index (Phi) is 4.68. The Morgan fingerprint density at radius 3 is 2.50 bits per heavy atom. The van der Waals surface area contributed by atoms with E-state index in [9.17, 15) is 12.8 Å². The van der Waals surface area contributed by atoms with Crippen molar-refractivity contribution in [2.75, 3.05) is 0 Å². The van der Waals surface area contributed by atoms with Gasteiger partial charge in [0, 0.05) is 17.8 Å². The largest absolute Gasteiger partial charge is 0.237 e. The zero-order valence-corrected chi connectivity index (χ0v) is 14.4. The smallest absolute Gasteiger partial charge is 0.188 e. The molecule has 2 heterocycles. The van der Waals surface area contributed by atoms with Gasteiger partial charge in [-0.05, 0) is 30.7 Å². The molecule has 0 saturated carbocycles. The molecule has 0 bridgehead atoms. The molecule has 1 aromatic carbocycles. The number of benzene rings is 1. The molecule has 0 amide bonds. The van der Waals surface area contributed by atoms with Crippen molar-refractivity contribution in [3.8, 4) is 10.8 Å². The van der Waals surface area contributed by atoms with Crippen LogP contribution in [0.2, 0.25) is 0 Å². The van der Waals surface area contributed by atoms with Gasteiger partial charge in [0.2, 0.25) is 0 Å². The maximum Gasteiger partial charge on any atom is 0.188 e. The number of rotatable bonds is 5. The van der Waals surface area contributed by atoms with Gasteiger partial charge in [-0.2, -0.15) is 0 Å². The molecule has 8 heteroatoms. The Bertz CT molecular complexity index is 925. The topological polar surface area (TPSA) is 72.8 Å². The summed E-state index contributed by atoms with van der Waals surface area (Å²) in [6.45, 7) is 1.59. The Balaban J connectivity index is 1.80. The normalized spacial score (nSPS) is 12.9. The predicted octanol–water partition coefficient (Wildman–Crippen LogP) is 3.42. The second kappa shape index (κ2) is 6.74. The van der Waals surface area contributed by atoms with Gasteiger partial charge in [0.1, 0.15) is 5.82 Å². The molecule has 0 radical (unpaired) electrons. The van der Waals surface area contributed by atoms with E-state index in [1.165, 1.54) is 35.6 Å². The van der Waals surface area contributed by atoms with Crippen molar-refractivity contribution in [1.29, 1.82) is 0 Å². The van der Waals surface area contributed by atoms with Gasteiger partial charge in [0.05, 0.1) is 16.7 Å². The van der Waals surface area contributed by atoms with Crippen LogP contribution in [0.1, 0.15) is 23.4 Å². The number of halogens is 1.